The third-order valence-corrected chi connectivity index (χ3v) is 5.67. The number of hydrogen-bond acceptors (Lipinski definition) is 5. The largest absolute Gasteiger partial charge is 0.495 e. The molecule has 1 aromatic heterocycles. The maximum absolute atomic E-state index is 12.9. The van der Waals surface area contributed by atoms with Crippen LogP contribution < -0.4 is 20.7 Å². The highest BCUT2D eigenvalue weighted by atomic mass is 35.5. The molecular weight excluding hydrogens is 400 g/mol. The number of halogens is 1. The van der Waals surface area contributed by atoms with Crippen LogP contribution >= 0.6 is 11.6 Å². The lowest BCUT2D eigenvalue weighted by Gasteiger charge is -2.31. The smallest absolute Gasteiger partial charge is 0.229 e. The van der Waals surface area contributed by atoms with E-state index in [1.54, 1.807) is 19.5 Å². The van der Waals surface area contributed by atoms with Crippen LogP contribution in [0.5, 0.6) is 5.75 Å². The average molecular weight is 429 g/mol. The molecule has 0 saturated carbocycles. The lowest BCUT2D eigenvalue weighted by atomic mass is 9.88. The highest BCUT2D eigenvalue weighted by molar-refractivity contribution is 6.32. The van der Waals surface area contributed by atoms with Crippen molar-refractivity contribution in [3.8, 4) is 5.75 Å². The van der Waals surface area contributed by atoms with Gasteiger partial charge in [-0.25, -0.2) is 0 Å². The molecule has 1 aliphatic heterocycles. The van der Waals surface area contributed by atoms with Crippen LogP contribution in [0.15, 0.2) is 42.7 Å². The normalized spacial score (nSPS) is 16.1. The van der Waals surface area contributed by atoms with Crippen molar-refractivity contribution in [3.63, 3.8) is 0 Å². The van der Waals surface area contributed by atoms with Crippen molar-refractivity contribution in [1.82, 2.24) is 20.9 Å². The first kappa shape index (κ1) is 22.0. The van der Waals surface area contributed by atoms with Gasteiger partial charge < -0.3 is 20.7 Å². The van der Waals surface area contributed by atoms with Crippen LogP contribution in [-0.2, 0) is 4.79 Å². The zero-order valence-corrected chi connectivity index (χ0v) is 18.6. The standard InChI is InChI=1S/C23H29ClN4O2/c1-5-6-11-26-22(29)23(2,3)21-27-19(15-9-12-25-13-10-15)20(28-21)16-7-8-17(24)18(14-16)30-4/h7-10,12-14,21,27-28H,5-6,11H2,1-4H3,(H,26,29). The maximum atomic E-state index is 12.9. The minimum atomic E-state index is -0.690. The molecule has 3 rings (SSSR count). The summed E-state index contributed by atoms with van der Waals surface area (Å²) in [4.78, 5) is 17.0. The molecule has 1 aliphatic rings. The minimum absolute atomic E-state index is 0.00460. The zero-order valence-electron chi connectivity index (χ0n) is 17.9. The van der Waals surface area contributed by atoms with E-state index in [9.17, 15) is 4.79 Å². The molecule has 1 aromatic carbocycles. The fourth-order valence-corrected chi connectivity index (χ4v) is 3.55. The molecule has 0 saturated heterocycles. The summed E-state index contributed by atoms with van der Waals surface area (Å²) in [5.41, 5.74) is 2.99. The minimum Gasteiger partial charge on any atom is -0.495 e. The van der Waals surface area contributed by atoms with E-state index in [2.05, 4.69) is 27.9 Å². The number of carbonyl (C=O) groups is 1. The summed E-state index contributed by atoms with van der Waals surface area (Å²) in [6.45, 7) is 6.66. The van der Waals surface area contributed by atoms with Gasteiger partial charge in [0.15, 0.2) is 0 Å². The second-order valence-electron chi connectivity index (χ2n) is 7.89. The molecule has 2 aromatic rings. The Hall–Kier alpha value is -2.73. The van der Waals surface area contributed by atoms with Gasteiger partial charge in [0.25, 0.3) is 0 Å². The zero-order chi connectivity index (χ0) is 21.7. The first-order chi connectivity index (χ1) is 14.4. The van der Waals surface area contributed by atoms with Gasteiger partial charge >= 0.3 is 0 Å². The molecular formula is C23H29ClN4O2. The van der Waals surface area contributed by atoms with Crippen molar-refractivity contribution in [2.75, 3.05) is 13.7 Å². The number of carbonyl (C=O) groups excluding carboxylic acids is 1. The third kappa shape index (κ3) is 4.54. The average Bonchev–Trinajstić information content (AvgIpc) is 3.21. The summed E-state index contributed by atoms with van der Waals surface area (Å²) < 4.78 is 5.40. The third-order valence-electron chi connectivity index (χ3n) is 5.36. The predicted molar refractivity (Wildman–Crippen MR) is 121 cm³/mol. The van der Waals surface area contributed by atoms with Gasteiger partial charge in [-0.3, -0.25) is 9.78 Å². The fraction of sp³-hybridized carbons (Fsp3) is 0.391. The molecule has 0 spiro atoms. The molecule has 2 heterocycles. The van der Waals surface area contributed by atoms with Gasteiger partial charge in [-0.1, -0.05) is 31.0 Å². The Morgan fingerprint density at radius 2 is 1.83 bits per heavy atom. The Labute approximate surface area is 183 Å². The van der Waals surface area contributed by atoms with E-state index in [-0.39, 0.29) is 12.1 Å². The summed E-state index contributed by atoms with van der Waals surface area (Å²) in [5.74, 6) is 0.600. The summed E-state index contributed by atoms with van der Waals surface area (Å²) in [6.07, 6.45) is 5.21. The van der Waals surface area contributed by atoms with Gasteiger partial charge in [0.05, 0.1) is 28.9 Å². The van der Waals surface area contributed by atoms with Crippen LogP contribution in [0.2, 0.25) is 5.02 Å². The Morgan fingerprint density at radius 3 is 2.47 bits per heavy atom. The Balaban J connectivity index is 1.94. The van der Waals surface area contributed by atoms with Gasteiger partial charge in [-0.15, -0.1) is 0 Å². The van der Waals surface area contributed by atoms with E-state index in [1.807, 2.05) is 44.2 Å². The van der Waals surface area contributed by atoms with Crippen LogP contribution in [-0.4, -0.2) is 30.7 Å². The number of aromatic nitrogens is 1. The molecule has 0 bridgehead atoms. The second kappa shape index (κ2) is 9.39. The Kier molecular flexibility index (Phi) is 6.87. The van der Waals surface area contributed by atoms with E-state index < -0.39 is 5.41 Å². The number of benzene rings is 1. The number of hydrogen-bond donors (Lipinski definition) is 3. The van der Waals surface area contributed by atoms with Gasteiger partial charge in [0.2, 0.25) is 5.91 Å². The monoisotopic (exact) mass is 428 g/mol. The van der Waals surface area contributed by atoms with Crippen molar-refractivity contribution >= 4 is 28.9 Å². The Bertz CT molecular complexity index is 928. The number of methoxy groups -OCH3 is 1. The van der Waals surface area contributed by atoms with E-state index in [0.717, 1.165) is 35.4 Å². The molecule has 0 radical (unpaired) electrons. The number of ether oxygens (including phenoxy) is 1. The molecule has 1 atom stereocenters. The van der Waals surface area contributed by atoms with Crippen molar-refractivity contribution in [3.05, 3.63) is 58.9 Å². The number of nitrogens with one attached hydrogen (secondary N) is 3. The van der Waals surface area contributed by atoms with E-state index in [4.69, 9.17) is 16.3 Å². The van der Waals surface area contributed by atoms with Crippen molar-refractivity contribution in [2.45, 2.75) is 39.8 Å². The first-order valence-corrected chi connectivity index (χ1v) is 10.6. The highest BCUT2D eigenvalue weighted by Gasteiger charge is 2.41. The molecule has 6 nitrogen and oxygen atoms in total. The number of pyridine rings is 1. The second-order valence-corrected chi connectivity index (χ2v) is 8.30. The SMILES string of the molecule is CCCCNC(=O)C(C)(C)C1NC(c2ccncc2)=C(c2ccc(Cl)c(OC)c2)N1. The van der Waals surface area contributed by atoms with E-state index in [0.29, 0.717) is 17.3 Å². The first-order valence-electron chi connectivity index (χ1n) is 10.2. The van der Waals surface area contributed by atoms with Crippen molar-refractivity contribution < 1.29 is 9.53 Å². The number of amides is 1. The highest BCUT2D eigenvalue weighted by Crippen LogP contribution is 2.35. The lowest BCUT2D eigenvalue weighted by Crippen LogP contribution is -2.53. The van der Waals surface area contributed by atoms with Gasteiger partial charge in [-0.2, -0.15) is 0 Å². The van der Waals surface area contributed by atoms with Gasteiger partial charge in [0, 0.05) is 30.1 Å². The van der Waals surface area contributed by atoms with E-state index >= 15 is 0 Å². The van der Waals surface area contributed by atoms with Crippen LogP contribution in [0, 0.1) is 5.41 Å². The summed E-state index contributed by atoms with van der Waals surface area (Å²) in [5, 5.41) is 10.6. The molecule has 7 heteroatoms. The molecule has 1 unspecified atom stereocenters. The topological polar surface area (TPSA) is 75.3 Å². The fourth-order valence-electron chi connectivity index (χ4n) is 3.36. The van der Waals surface area contributed by atoms with Crippen LogP contribution in [0.3, 0.4) is 0 Å². The summed E-state index contributed by atoms with van der Waals surface area (Å²) in [7, 11) is 1.59. The molecule has 1 amide bonds. The summed E-state index contributed by atoms with van der Waals surface area (Å²) in [6, 6.07) is 9.52. The summed E-state index contributed by atoms with van der Waals surface area (Å²) >= 11 is 6.22. The van der Waals surface area contributed by atoms with Gasteiger partial charge in [0.1, 0.15) is 11.9 Å². The lowest BCUT2D eigenvalue weighted by molar-refractivity contribution is -0.130. The molecule has 3 N–H and O–H groups in total. The number of rotatable bonds is 8. The van der Waals surface area contributed by atoms with Crippen LogP contribution in [0.1, 0.15) is 44.7 Å². The number of nitrogens with zero attached hydrogens (tertiary/aromatic N) is 1. The molecule has 30 heavy (non-hydrogen) atoms. The van der Waals surface area contributed by atoms with Gasteiger partial charge in [-0.05, 0) is 44.5 Å². The predicted octanol–water partition coefficient (Wildman–Crippen LogP) is 4.03. The van der Waals surface area contributed by atoms with Crippen LogP contribution in [0.25, 0.3) is 11.4 Å². The Morgan fingerprint density at radius 1 is 1.17 bits per heavy atom. The van der Waals surface area contributed by atoms with Crippen molar-refractivity contribution in [1.29, 1.82) is 0 Å². The molecule has 0 fully saturated rings. The molecule has 160 valence electrons. The molecule has 0 aliphatic carbocycles. The van der Waals surface area contributed by atoms with Crippen molar-refractivity contribution in [2.24, 2.45) is 5.41 Å². The van der Waals surface area contributed by atoms with Crippen LogP contribution in [0.4, 0.5) is 0 Å². The number of unbranched alkanes of at least 4 members (excludes halogenated alkanes) is 1. The van der Waals surface area contributed by atoms with E-state index in [1.165, 1.54) is 0 Å². The quantitative estimate of drug-likeness (QED) is 0.553. The maximum Gasteiger partial charge on any atom is 0.229 e.